The monoisotopic (exact) mass is 478 g/mol. The summed E-state index contributed by atoms with van der Waals surface area (Å²) in [7, 11) is 0. The molecule has 0 aliphatic heterocycles. The average Bonchev–Trinajstić information content (AvgIpc) is 3.65. The summed E-state index contributed by atoms with van der Waals surface area (Å²) < 4.78 is 26.1. The molecule has 4 aromatic heterocycles. The van der Waals surface area contributed by atoms with E-state index in [0.29, 0.717) is 28.7 Å². The Morgan fingerprint density at radius 2 is 2.09 bits per heavy atom. The van der Waals surface area contributed by atoms with Crippen molar-refractivity contribution in [3.63, 3.8) is 0 Å². The number of nitrogens with one attached hydrogen (secondary N) is 2. The summed E-state index contributed by atoms with van der Waals surface area (Å²) in [6.07, 6.45) is 4.05. The molecular formula is C21H15FN8O5. The van der Waals surface area contributed by atoms with Crippen molar-refractivity contribution in [3.8, 4) is 22.8 Å². The lowest BCUT2D eigenvalue weighted by Crippen LogP contribution is -2.24. The number of carbonyl (C=O) groups excluding carboxylic acids is 1. The molecule has 4 heterocycles. The molecule has 14 heteroatoms. The van der Waals surface area contributed by atoms with E-state index in [4.69, 9.17) is 13.9 Å². The second-order valence-corrected chi connectivity index (χ2v) is 7.19. The number of furan rings is 1. The molecule has 0 bridgehead atoms. The first-order chi connectivity index (χ1) is 17.0. The van der Waals surface area contributed by atoms with Crippen LogP contribution in [0, 0.1) is 5.82 Å². The van der Waals surface area contributed by atoms with Crippen LogP contribution in [0.3, 0.4) is 0 Å². The first kappa shape index (κ1) is 21.7. The molecule has 0 aliphatic carbocycles. The molecule has 35 heavy (non-hydrogen) atoms. The second kappa shape index (κ2) is 9.01. The fourth-order valence-corrected chi connectivity index (χ4v) is 3.14. The van der Waals surface area contributed by atoms with Crippen molar-refractivity contribution in [2.75, 3.05) is 0 Å². The number of hydrogen-bond acceptors (Lipinski definition) is 9. The number of aromatic carboxylic acids is 1. The Labute approximate surface area is 194 Å². The molecule has 5 aromatic rings. The number of amides is 1. The van der Waals surface area contributed by atoms with Gasteiger partial charge in [-0.2, -0.15) is 0 Å². The van der Waals surface area contributed by atoms with E-state index in [1.807, 2.05) is 0 Å². The lowest BCUT2D eigenvalue weighted by atomic mass is 10.1. The van der Waals surface area contributed by atoms with Crippen molar-refractivity contribution in [2.24, 2.45) is 0 Å². The third-order valence-electron chi connectivity index (χ3n) is 4.80. The van der Waals surface area contributed by atoms with Crippen LogP contribution in [0.15, 0.2) is 57.9 Å². The molecule has 5 rings (SSSR count). The van der Waals surface area contributed by atoms with Gasteiger partial charge in [-0.05, 0) is 30.3 Å². The molecule has 0 saturated carbocycles. The Balaban J connectivity index is 1.27. The number of aromatic amines is 1. The zero-order valence-electron chi connectivity index (χ0n) is 17.7. The van der Waals surface area contributed by atoms with Gasteiger partial charge in [0.05, 0.1) is 24.6 Å². The average molecular weight is 478 g/mol. The maximum atomic E-state index is 14.4. The van der Waals surface area contributed by atoms with Crippen molar-refractivity contribution in [3.05, 3.63) is 77.8 Å². The van der Waals surface area contributed by atoms with E-state index in [2.05, 4.69) is 35.8 Å². The molecule has 176 valence electrons. The summed E-state index contributed by atoms with van der Waals surface area (Å²) in [5, 5.41) is 26.2. The van der Waals surface area contributed by atoms with E-state index in [-0.39, 0.29) is 30.2 Å². The number of halogens is 1. The van der Waals surface area contributed by atoms with Crippen molar-refractivity contribution in [2.45, 2.75) is 13.1 Å². The molecule has 0 unspecified atom stereocenters. The topological polar surface area (TPSA) is 178 Å². The third-order valence-corrected chi connectivity index (χ3v) is 4.80. The molecule has 0 radical (unpaired) electrons. The van der Waals surface area contributed by atoms with E-state index in [1.165, 1.54) is 29.3 Å². The molecule has 0 saturated heterocycles. The minimum absolute atomic E-state index is 0.0130. The maximum Gasteiger partial charge on any atom is 0.357 e. The zero-order valence-corrected chi connectivity index (χ0v) is 17.7. The van der Waals surface area contributed by atoms with Gasteiger partial charge in [-0.25, -0.2) is 23.8 Å². The largest absolute Gasteiger partial charge is 0.476 e. The molecule has 0 spiro atoms. The van der Waals surface area contributed by atoms with Gasteiger partial charge in [-0.1, -0.05) is 5.21 Å². The quantitative estimate of drug-likeness (QED) is 0.299. The molecule has 1 amide bonds. The fraction of sp³-hybridized carbons (Fsp3) is 0.0952. The second-order valence-electron chi connectivity index (χ2n) is 7.19. The highest BCUT2D eigenvalue weighted by Gasteiger charge is 2.17. The minimum Gasteiger partial charge on any atom is -0.476 e. The SMILES string of the molecule is O=C(O)c1coc(Cn2cc(-c3ccc(F)c(C(=O)NCc4nc(-c5ccco5)n[nH]4)c3)nn2)n1. The predicted molar refractivity (Wildman–Crippen MR) is 113 cm³/mol. The Hall–Kier alpha value is -5.14. The van der Waals surface area contributed by atoms with Gasteiger partial charge >= 0.3 is 5.97 Å². The van der Waals surface area contributed by atoms with Gasteiger partial charge in [-0.15, -0.1) is 10.2 Å². The third kappa shape index (κ3) is 4.66. The Morgan fingerprint density at radius 3 is 2.86 bits per heavy atom. The van der Waals surface area contributed by atoms with Crippen LogP contribution in [-0.4, -0.2) is 52.1 Å². The Morgan fingerprint density at radius 1 is 1.20 bits per heavy atom. The molecule has 1 aromatic carbocycles. The summed E-state index contributed by atoms with van der Waals surface area (Å²) in [5.41, 5.74) is 0.391. The first-order valence-electron chi connectivity index (χ1n) is 10.1. The van der Waals surface area contributed by atoms with E-state index in [0.717, 1.165) is 12.3 Å². The maximum absolute atomic E-state index is 14.4. The number of oxazole rings is 1. The highest BCUT2D eigenvalue weighted by atomic mass is 19.1. The smallest absolute Gasteiger partial charge is 0.357 e. The number of carbonyl (C=O) groups is 2. The summed E-state index contributed by atoms with van der Waals surface area (Å²) >= 11 is 0. The summed E-state index contributed by atoms with van der Waals surface area (Å²) in [4.78, 5) is 31.6. The highest BCUT2D eigenvalue weighted by molar-refractivity contribution is 5.95. The summed E-state index contributed by atoms with van der Waals surface area (Å²) in [6, 6.07) is 7.35. The van der Waals surface area contributed by atoms with E-state index in [9.17, 15) is 14.0 Å². The number of benzene rings is 1. The van der Waals surface area contributed by atoms with Gasteiger partial charge in [0.25, 0.3) is 5.91 Å². The normalized spacial score (nSPS) is 11.0. The fourth-order valence-electron chi connectivity index (χ4n) is 3.14. The number of nitrogens with zero attached hydrogens (tertiary/aromatic N) is 6. The van der Waals surface area contributed by atoms with Crippen LogP contribution < -0.4 is 5.32 Å². The number of rotatable bonds is 8. The van der Waals surface area contributed by atoms with Gasteiger partial charge < -0.3 is 19.3 Å². The highest BCUT2D eigenvalue weighted by Crippen LogP contribution is 2.21. The molecule has 0 aliphatic rings. The summed E-state index contributed by atoms with van der Waals surface area (Å²) in [5.74, 6) is -1.29. The number of H-pyrrole nitrogens is 1. The van der Waals surface area contributed by atoms with Crippen LogP contribution in [0.1, 0.15) is 32.6 Å². The van der Waals surface area contributed by atoms with Crippen molar-refractivity contribution in [1.29, 1.82) is 0 Å². The Bertz CT molecular complexity index is 1500. The van der Waals surface area contributed by atoms with Gasteiger partial charge in [0.1, 0.15) is 30.1 Å². The molecule has 13 nitrogen and oxygen atoms in total. The van der Waals surface area contributed by atoms with Crippen molar-refractivity contribution in [1.82, 2.24) is 40.5 Å². The molecule has 3 N–H and O–H groups in total. The van der Waals surface area contributed by atoms with E-state index < -0.39 is 17.7 Å². The number of carboxylic acids is 1. The van der Waals surface area contributed by atoms with Crippen molar-refractivity contribution < 1.29 is 27.9 Å². The lowest BCUT2D eigenvalue weighted by molar-refractivity contribution is 0.0690. The van der Waals surface area contributed by atoms with Crippen LogP contribution in [-0.2, 0) is 13.1 Å². The van der Waals surface area contributed by atoms with Crippen LogP contribution in [0.4, 0.5) is 4.39 Å². The van der Waals surface area contributed by atoms with Crippen LogP contribution >= 0.6 is 0 Å². The van der Waals surface area contributed by atoms with Gasteiger partial charge in [0.15, 0.2) is 11.5 Å². The molecule has 0 atom stereocenters. The standard InChI is InChI=1S/C21H15FN8O5/c22-13-4-3-11(14-8-30(29-26-14)9-18-24-15(10-35-18)21(32)33)6-12(13)20(31)23-7-17-25-19(28-27-17)16-2-1-5-34-16/h1-6,8,10H,7,9H2,(H,23,31)(H,32,33)(H,25,27,28). The van der Waals surface area contributed by atoms with Crippen LogP contribution in [0.2, 0.25) is 0 Å². The molecule has 0 fully saturated rings. The number of hydrogen-bond donors (Lipinski definition) is 3. The van der Waals surface area contributed by atoms with Gasteiger partial charge in [-0.3, -0.25) is 9.89 Å². The van der Waals surface area contributed by atoms with Crippen LogP contribution in [0.25, 0.3) is 22.8 Å². The van der Waals surface area contributed by atoms with E-state index in [1.54, 1.807) is 12.1 Å². The Kier molecular flexibility index (Phi) is 5.58. The van der Waals surface area contributed by atoms with E-state index >= 15 is 0 Å². The number of carboxylic acid groups (broad SMARTS) is 1. The lowest BCUT2D eigenvalue weighted by Gasteiger charge is -2.06. The number of aromatic nitrogens is 7. The predicted octanol–water partition coefficient (Wildman–Crippen LogP) is 2.13. The summed E-state index contributed by atoms with van der Waals surface area (Å²) in [6.45, 7) is 0.0207. The molecular weight excluding hydrogens is 463 g/mol. The first-order valence-corrected chi connectivity index (χ1v) is 10.1. The van der Waals surface area contributed by atoms with Gasteiger partial charge in [0.2, 0.25) is 11.7 Å². The van der Waals surface area contributed by atoms with Crippen LogP contribution in [0.5, 0.6) is 0 Å². The van der Waals surface area contributed by atoms with Crippen molar-refractivity contribution >= 4 is 11.9 Å². The van der Waals surface area contributed by atoms with Gasteiger partial charge in [0, 0.05) is 5.56 Å². The minimum atomic E-state index is -1.21. The zero-order chi connectivity index (χ0) is 24.4.